The Kier molecular flexibility index (Phi) is 6.22. The third kappa shape index (κ3) is 5.20. The molecule has 1 saturated heterocycles. The van der Waals surface area contributed by atoms with E-state index in [2.05, 4.69) is 20.3 Å². The Labute approximate surface area is 174 Å². The lowest BCUT2D eigenvalue weighted by Gasteiger charge is -2.33. The van der Waals surface area contributed by atoms with Gasteiger partial charge in [-0.15, -0.1) is 0 Å². The standard InChI is InChI=1S/C20H25ClN4O4/c1-14-9-15(23-29-14)12-24-3-5-25(6-4-24)13-20(26)22-17-11-19-18(10-16(17)21)27-7-2-8-28-19/h9-11H,2-8,12-13H2,1H3,(H,22,26). The first-order valence-electron chi connectivity index (χ1n) is 9.83. The van der Waals surface area contributed by atoms with Crippen LogP contribution in [0.25, 0.3) is 0 Å². The fourth-order valence-electron chi connectivity index (χ4n) is 3.50. The van der Waals surface area contributed by atoms with Crippen LogP contribution in [0.5, 0.6) is 11.5 Å². The molecule has 0 aliphatic carbocycles. The Bertz CT molecular complexity index is 864. The highest BCUT2D eigenvalue weighted by molar-refractivity contribution is 6.34. The molecule has 29 heavy (non-hydrogen) atoms. The Morgan fingerprint density at radius 1 is 1.10 bits per heavy atom. The molecule has 0 atom stereocenters. The number of hydrogen-bond donors (Lipinski definition) is 1. The van der Waals surface area contributed by atoms with Gasteiger partial charge < -0.3 is 19.3 Å². The molecule has 8 nitrogen and oxygen atoms in total. The average Bonchev–Trinajstić information content (AvgIpc) is 2.96. The minimum absolute atomic E-state index is 0.0954. The molecular formula is C20H25ClN4O4. The summed E-state index contributed by atoms with van der Waals surface area (Å²) < 4.78 is 16.4. The number of halogens is 1. The molecule has 2 aliphatic heterocycles. The van der Waals surface area contributed by atoms with E-state index in [9.17, 15) is 4.79 Å². The third-order valence-corrected chi connectivity index (χ3v) is 5.32. The first-order chi connectivity index (χ1) is 14.1. The number of rotatable bonds is 5. The van der Waals surface area contributed by atoms with Crippen molar-refractivity contribution in [3.63, 3.8) is 0 Å². The van der Waals surface area contributed by atoms with Crippen LogP contribution < -0.4 is 14.8 Å². The quantitative estimate of drug-likeness (QED) is 0.796. The summed E-state index contributed by atoms with van der Waals surface area (Å²) in [5.41, 5.74) is 1.48. The second-order valence-electron chi connectivity index (χ2n) is 7.36. The van der Waals surface area contributed by atoms with Gasteiger partial charge in [-0.05, 0) is 6.92 Å². The lowest BCUT2D eigenvalue weighted by molar-refractivity contribution is -0.117. The number of aryl methyl sites for hydroxylation is 1. The van der Waals surface area contributed by atoms with E-state index >= 15 is 0 Å². The zero-order valence-corrected chi connectivity index (χ0v) is 17.2. The molecule has 1 aromatic heterocycles. The zero-order chi connectivity index (χ0) is 20.2. The van der Waals surface area contributed by atoms with Gasteiger partial charge in [0.15, 0.2) is 11.5 Å². The summed E-state index contributed by atoms with van der Waals surface area (Å²) in [6.45, 7) is 7.55. The Hall–Kier alpha value is -2.29. The predicted molar refractivity (Wildman–Crippen MR) is 109 cm³/mol. The van der Waals surface area contributed by atoms with Crippen LogP contribution in [-0.4, -0.2) is 66.8 Å². The topological polar surface area (TPSA) is 80.1 Å². The van der Waals surface area contributed by atoms with Crippen molar-refractivity contribution >= 4 is 23.2 Å². The van der Waals surface area contributed by atoms with E-state index in [0.29, 0.717) is 42.0 Å². The maximum absolute atomic E-state index is 12.5. The Morgan fingerprint density at radius 2 is 1.79 bits per heavy atom. The van der Waals surface area contributed by atoms with E-state index < -0.39 is 0 Å². The van der Waals surface area contributed by atoms with Crippen molar-refractivity contribution in [1.82, 2.24) is 15.0 Å². The fourth-order valence-corrected chi connectivity index (χ4v) is 3.70. The number of amides is 1. The van der Waals surface area contributed by atoms with E-state index in [0.717, 1.165) is 50.6 Å². The van der Waals surface area contributed by atoms with Crippen LogP contribution in [0, 0.1) is 6.92 Å². The van der Waals surface area contributed by atoms with Crippen molar-refractivity contribution in [2.45, 2.75) is 19.9 Å². The number of carbonyl (C=O) groups is 1. The van der Waals surface area contributed by atoms with Gasteiger partial charge in [0.05, 0.1) is 36.2 Å². The monoisotopic (exact) mass is 420 g/mol. The number of anilines is 1. The van der Waals surface area contributed by atoms with Crippen LogP contribution in [0.15, 0.2) is 22.7 Å². The molecule has 1 fully saturated rings. The molecule has 0 unspecified atom stereocenters. The second-order valence-corrected chi connectivity index (χ2v) is 7.77. The lowest BCUT2D eigenvalue weighted by Crippen LogP contribution is -2.48. The number of nitrogens with zero attached hydrogens (tertiary/aromatic N) is 3. The van der Waals surface area contributed by atoms with E-state index in [1.54, 1.807) is 12.1 Å². The molecule has 0 bridgehead atoms. The Balaban J connectivity index is 1.28. The van der Waals surface area contributed by atoms with Gasteiger partial charge in [0.25, 0.3) is 0 Å². The van der Waals surface area contributed by atoms with Crippen LogP contribution in [0.2, 0.25) is 5.02 Å². The highest BCUT2D eigenvalue weighted by Crippen LogP contribution is 2.37. The minimum atomic E-state index is -0.0954. The molecular weight excluding hydrogens is 396 g/mol. The van der Waals surface area contributed by atoms with Crippen molar-refractivity contribution in [2.75, 3.05) is 51.3 Å². The maximum Gasteiger partial charge on any atom is 0.238 e. The van der Waals surface area contributed by atoms with Crippen molar-refractivity contribution in [3.05, 3.63) is 34.7 Å². The van der Waals surface area contributed by atoms with Gasteiger partial charge in [0.1, 0.15) is 5.76 Å². The predicted octanol–water partition coefficient (Wildman–Crippen LogP) is 2.55. The smallest absolute Gasteiger partial charge is 0.238 e. The van der Waals surface area contributed by atoms with E-state index in [1.165, 1.54) is 0 Å². The van der Waals surface area contributed by atoms with Crippen LogP contribution in [0.3, 0.4) is 0 Å². The molecule has 1 N–H and O–H groups in total. The van der Waals surface area contributed by atoms with Crippen LogP contribution in [-0.2, 0) is 11.3 Å². The number of nitrogens with one attached hydrogen (secondary N) is 1. The Morgan fingerprint density at radius 3 is 2.48 bits per heavy atom. The van der Waals surface area contributed by atoms with Crippen LogP contribution >= 0.6 is 11.6 Å². The van der Waals surface area contributed by atoms with Gasteiger partial charge in [-0.25, -0.2) is 0 Å². The summed E-state index contributed by atoms with van der Waals surface area (Å²) in [6.07, 6.45) is 0.816. The van der Waals surface area contributed by atoms with Gasteiger partial charge in [-0.1, -0.05) is 16.8 Å². The van der Waals surface area contributed by atoms with Crippen LogP contribution in [0.4, 0.5) is 5.69 Å². The zero-order valence-electron chi connectivity index (χ0n) is 16.4. The molecule has 2 aromatic rings. The first kappa shape index (κ1) is 20.0. The second kappa shape index (κ2) is 9.02. The van der Waals surface area contributed by atoms with Crippen LogP contribution in [0.1, 0.15) is 17.9 Å². The molecule has 1 aromatic carbocycles. The summed E-state index contributed by atoms with van der Waals surface area (Å²) in [7, 11) is 0. The summed E-state index contributed by atoms with van der Waals surface area (Å²) in [5, 5.41) is 7.38. The van der Waals surface area contributed by atoms with Crippen molar-refractivity contribution in [2.24, 2.45) is 0 Å². The van der Waals surface area contributed by atoms with Gasteiger partial charge in [-0.3, -0.25) is 14.6 Å². The SMILES string of the molecule is Cc1cc(CN2CCN(CC(=O)Nc3cc4c(cc3Cl)OCCCO4)CC2)no1. The highest BCUT2D eigenvalue weighted by Gasteiger charge is 2.21. The minimum Gasteiger partial charge on any atom is -0.490 e. The normalized spacial score (nSPS) is 17.7. The summed E-state index contributed by atoms with van der Waals surface area (Å²) in [4.78, 5) is 17.0. The number of benzene rings is 1. The number of aromatic nitrogens is 1. The fraction of sp³-hybridized carbons (Fsp3) is 0.500. The molecule has 0 spiro atoms. The number of piperazine rings is 1. The van der Waals surface area contributed by atoms with Crippen molar-refractivity contribution in [3.8, 4) is 11.5 Å². The maximum atomic E-state index is 12.5. The van der Waals surface area contributed by atoms with Gasteiger partial charge in [0, 0.05) is 57.3 Å². The number of hydrogen-bond acceptors (Lipinski definition) is 7. The molecule has 156 valence electrons. The van der Waals surface area contributed by atoms with Gasteiger partial charge in [0.2, 0.25) is 5.91 Å². The summed E-state index contributed by atoms with van der Waals surface area (Å²) in [5.74, 6) is 1.95. The summed E-state index contributed by atoms with van der Waals surface area (Å²) >= 11 is 6.32. The molecule has 4 rings (SSSR count). The first-order valence-corrected chi connectivity index (χ1v) is 10.2. The molecule has 9 heteroatoms. The third-order valence-electron chi connectivity index (χ3n) is 5.01. The molecule has 0 saturated carbocycles. The van der Waals surface area contributed by atoms with E-state index in [4.69, 9.17) is 25.6 Å². The van der Waals surface area contributed by atoms with Crippen molar-refractivity contribution in [1.29, 1.82) is 0 Å². The van der Waals surface area contributed by atoms with Gasteiger partial charge >= 0.3 is 0 Å². The number of carbonyl (C=O) groups excluding carboxylic acids is 1. The molecule has 3 heterocycles. The largest absolute Gasteiger partial charge is 0.490 e. The highest BCUT2D eigenvalue weighted by atomic mass is 35.5. The molecule has 2 aliphatic rings. The summed E-state index contributed by atoms with van der Waals surface area (Å²) in [6, 6.07) is 5.39. The number of fused-ring (bicyclic) bond motifs is 1. The number of ether oxygens (including phenoxy) is 2. The van der Waals surface area contributed by atoms with E-state index in [1.807, 2.05) is 13.0 Å². The molecule has 0 radical (unpaired) electrons. The molecule has 1 amide bonds. The average molecular weight is 421 g/mol. The lowest BCUT2D eigenvalue weighted by atomic mass is 10.2. The van der Waals surface area contributed by atoms with Crippen molar-refractivity contribution < 1.29 is 18.8 Å². The van der Waals surface area contributed by atoms with Gasteiger partial charge in [-0.2, -0.15) is 0 Å². The van der Waals surface area contributed by atoms with E-state index in [-0.39, 0.29) is 5.91 Å².